The molecule has 0 bridgehead atoms. The first-order valence-electron chi connectivity index (χ1n) is 4.24. The molecule has 0 aliphatic heterocycles. The number of halogens is 2. The Morgan fingerprint density at radius 1 is 1.44 bits per heavy atom. The first-order chi connectivity index (χ1) is 7.45. The number of phenolic OH excluding ortho intramolecular Hbond substituents is 1. The number of aromatic hydroxyl groups is 1. The second-order valence-electron chi connectivity index (χ2n) is 3.08. The van der Waals surface area contributed by atoms with Crippen LogP contribution in [-0.2, 0) is 4.79 Å². The summed E-state index contributed by atoms with van der Waals surface area (Å²) in [5, 5.41) is 27.6. The molecule has 0 aromatic heterocycles. The van der Waals surface area contributed by atoms with Gasteiger partial charge in [-0.15, -0.1) is 0 Å². The number of amides is 1. The highest BCUT2D eigenvalue weighted by Crippen LogP contribution is 2.35. The summed E-state index contributed by atoms with van der Waals surface area (Å²) < 4.78 is 0. The third-order valence-electron chi connectivity index (χ3n) is 1.92. The number of nitrogens with one attached hydrogen (secondary N) is 1. The lowest BCUT2D eigenvalue weighted by Crippen LogP contribution is -2.21. The van der Waals surface area contributed by atoms with Crippen molar-refractivity contribution < 1.29 is 20.2 Å². The number of aliphatic hydroxyl groups is 1. The van der Waals surface area contributed by atoms with Crippen molar-refractivity contribution in [2.75, 3.05) is 0 Å². The smallest absolute Gasteiger partial charge is 0.246 e. The van der Waals surface area contributed by atoms with E-state index in [4.69, 9.17) is 28.4 Å². The van der Waals surface area contributed by atoms with Crippen molar-refractivity contribution in [3.8, 4) is 5.75 Å². The van der Waals surface area contributed by atoms with Crippen molar-refractivity contribution in [1.29, 1.82) is 0 Å². The van der Waals surface area contributed by atoms with Crippen LogP contribution in [0.4, 0.5) is 0 Å². The Kier molecular flexibility index (Phi) is 4.37. The third-order valence-corrected chi connectivity index (χ3v) is 2.43. The summed E-state index contributed by atoms with van der Waals surface area (Å²) in [6.45, 7) is 0. The fourth-order valence-corrected chi connectivity index (χ4v) is 1.68. The van der Waals surface area contributed by atoms with E-state index < -0.39 is 18.4 Å². The molecule has 88 valence electrons. The molecule has 0 heterocycles. The zero-order valence-electron chi connectivity index (χ0n) is 7.94. The zero-order chi connectivity index (χ0) is 12.3. The van der Waals surface area contributed by atoms with Gasteiger partial charge in [-0.25, -0.2) is 5.48 Å². The van der Waals surface area contributed by atoms with E-state index in [0.717, 1.165) is 0 Å². The Balaban J connectivity index is 2.99. The van der Waals surface area contributed by atoms with Gasteiger partial charge in [-0.3, -0.25) is 10.0 Å². The molecule has 0 saturated heterocycles. The topological polar surface area (TPSA) is 89.8 Å². The molecule has 1 atom stereocenters. The molecular formula is C9H9Cl2NO4. The number of hydrogen-bond donors (Lipinski definition) is 4. The van der Waals surface area contributed by atoms with Crippen LogP contribution in [0.3, 0.4) is 0 Å². The van der Waals surface area contributed by atoms with Crippen LogP contribution in [0.1, 0.15) is 18.1 Å². The fourth-order valence-electron chi connectivity index (χ4n) is 1.17. The maximum Gasteiger partial charge on any atom is 0.246 e. The summed E-state index contributed by atoms with van der Waals surface area (Å²) in [6.07, 6.45) is -1.72. The van der Waals surface area contributed by atoms with Crippen LogP contribution in [0.5, 0.6) is 5.75 Å². The largest absolute Gasteiger partial charge is 0.506 e. The van der Waals surface area contributed by atoms with E-state index in [0.29, 0.717) is 0 Å². The quantitative estimate of drug-likeness (QED) is 0.494. The highest BCUT2D eigenvalue weighted by atomic mass is 35.5. The van der Waals surface area contributed by atoms with Gasteiger partial charge in [0.1, 0.15) is 5.75 Å². The summed E-state index contributed by atoms with van der Waals surface area (Å²) in [4.78, 5) is 10.8. The molecule has 0 fully saturated rings. The fraction of sp³-hybridized carbons (Fsp3) is 0.222. The van der Waals surface area contributed by atoms with Crippen molar-refractivity contribution in [1.82, 2.24) is 5.48 Å². The van der Waals surface area contributed by atoms with Crippen molar-refractivity contribution in [3.63, 3.8) is 0 Å². The molecule has 1 aromatic carbocycles. The van der Waals surface area contributed by atoms with Gasteiger partial charge in [0, 0.05) is 10.6 Å². The molecule has 1 rings (SSSR count). The first-order valence-corrected chi connectivity index (χ1v) is 5.00. The van der Waals surface area contributed by atoms with Crippen molar-refractivity contribution in [2.45, 2.75) is 12.5 Å². The van der Waals surface area contributed by atoms with Crippen LogP contribution >= 0.6 is 23.2 Å². The second-order valence-corrected chi connectivity index (χ2v) is 3.92. The molecule has 0 spiro atoms. The number of phenols is 1. The summed E-state index contributed by atoms with van der Waals surface area (Å²) in [5.74, 6) is -1.13. The van der Waals surface area contributed by atoms with E-state index in [1.54, 1.807) is 0 Å². The summed E-state index contributed by atoms with van der Waals surface area (Å²) in [7, 11) is 0. The van der Waals surface area contributed by atoms with Crippen LogP contribution in [0.15, 0.2) is 12.1 Å². The monoisotopic (exact) mass is 265 g/mol. The lowest BCUT2D eigenvalue weighted by molar-refractivity contribution is -0.131. The minimum Gasteiger partial charge on any atom is -0.506 e. The molecular weight excluding hydrogens is 257 g/mol. The molecule has 1 unspecified atom stereocenters. The number of carbonyl (C=O) groups excluding carboxylic acids is 1. The Morgan fingerprint density at radius 3 is 2.62 bits per heavy atom. The molecule has 7 heteroatoms. The molecule has 16 heavy (non-hydrogen) atoms. The predicted octanol–water partition coefficient (Wildman–Crippen LogP) is 1.63. The van der Waals surface area contributed by atoms with E-state index >= 15 is 0 Å². The molecule has 1 amide bonds. The van der Waals surface area contributed by atoms with Crippen LogP contribution in [0, 0.1) is 0 Å². The van der Waals surface area contributed by atoms with Crippen molar-refractivity contribution in [3.05, 3.63) is 27.7 Å². The molecule has 4 N–H and O–H groups in total. The van der Waals surface area contributed by atoms with Crippen LogP contribution in [-0.4, -0.2) is 21.3 Å². The SMILES string of the molecule is O=C(CC(O)c1cc(Cl)cc(Cl)c1O)NO. The molecule has 0 aliphatic carbocycles. The van der Waals surface area contributed by atoms with E-state index in [-0.39, 0.29) is 21.4 Å². The standard InChI is InChI=1S/C9H9Cl2NO4/c10-4-1-5(9(15)6(11)2-4)7(13)3-8(14)12-16/h1-2,7,13,15-16H,3H2,(H,12,14). The summed E-state index contributed by atoms with van der Waals surface area (Å²) >= 11 is 11.3. The maximum atomic E-state index is 10.8. The van der Waals surface area contributed by atoms with Gasteiger partial charge in [-0.1, -0.05) is 23.2 Å². The summed E-state index contributed by atoms with van der Waals surface area (Å²) in [6, 6.07) is 2.60. The highest BCUT2D eigenvalue weighted by molar-refractivity contribution is 6.35. The van der Waals surface area contributed by atoms with Crippen LogP contribution < -0.4 is 5.48 Å². The number of carbonyl (C=O) groups is 1. The lowest BCUT2D eigenvalue weighted by atomic mass is 10.1. The maximum absolute atomic E-state index is 10.8. The summed E-state index contributed by atoms with van der Waals surface area (Å²) in [5.41, 5.74) is 1.40. The van der Waals surface area contributed by atoms with Gasteiger partial charge < -0.3 is 10.2 Å². The molecule has 1 aromatic rings. The normalized spacial score (nSPS) is 12.2. The van der Waals surface area contributed by atoms with Gasteiger partial charge in [0.05, 0.1) is 17.5 Å². The third kappa shape index (κ3) is 2.99. The molecule has 0 radical (unpaired) electrons. The Labute approximate surface area is 101 Å². The van der Waals surface area contributed by atoms with Gasteiger partial charge in [-0.05, 0) is 12.1 Å². The Hall–Kier alpha value is -1.01. The first kappa shape index (κ1) is 13.1. The predicted molar refractivity (Wildman–Crippen MR) is 57.6 cm³/mol. The van der Waals surface area contributed by atoms with Gasteiger partial charge in [0.25, 0.3) is 0 Å². The number of hydrogen-bond acceptors (Lipinski definition) is 4. The molecule has 0 aliphatic rings. The zero-order valence-corrected chi connectivity index (χ0v) is 9.46. The van der Waals surface area contributed by atoms with E-state index in [1.807, 2.05) is 0 Å². The Bertz CT molecular complexity index is 411. The Morgan fingerprint density at radius 2 is 2.06 bits per heavy atom. The van der Waals surface area contributed by atoms with E-state index in [9.17, 15) is 15.0 Å². The van der Waals surface area contributed by atoms with Gasteiger partial charge in [-0.2, -0.15) is 0 Å². The van der Waals surface area contributed by atoms with Crippen molar-refractivity contribution >= 4 is 29.1 Å². The van der Waals surface area contributed by atoms with Crippen LogP contribution in [0.25, 0.3) is 0 Å². The minimum atomic E-state index is -1.30. The van der Waals surface area contributed by atoms with E-state index in [1.165, 1.54) is 17.6 Å². The lowest BCUT2D eigenvalue weighted by Gasteiger charge is -2.12. The number of aliphatic hydroxyl groups excluding tert-OH is 1. The molecule has 0 saturated carbocycles. The number of rotatable bonds is 3. The van der Waals surface area contributed by atoms with Gasteiger partial charge in [0.2, 0.25) is 5.91 Å². The van der Waals surface area contributed by atoms with Crippen molar-refractivity contribution in [2.24, 2.45) is 0 Å². The molecule has 5 nitrogen and oxygen atoms in total. The van der Waals surface area contributed by atoms with Crippen LogP contribution in [0.2, 0.25) is 10.0 Å². The van der Waals surface area contributed by atoms with E-state index in [2.05, 4.69) is 0 Å². The average molecular weight is 266 g/mol. The van der Waals surface area contributed by atoms with Gasteiger partial charge in [0.15, 0.2) is 0 Å². The highest BCUT2D eigenvalue weighted by Gasteiger charge is 2.18. The average Bonchev–Trinajstić information content (AvgIpc) is 2.22. The second kappa shape index (κ2) is 5.36. The number of hydroxylamine groups is 1. The van der Waals surface area contributed by atoms with Gasteiger partial charge >= 0.3 is 0 Å². The minimum absolute atomic E-state index is 0.0223. The number of benzene rings is 1.